The SMILES string of the molecule is CNC(=O)c1cccc(Cn2ncn(C)c2=O)c1. The molecule has 18 heavy (non-hydrogen) atoms. The molecule has 2 rings (SSSR count). The highest BCUT2D eigenvalue weighted by Gasteiger charge is 2.06. The van der Waals surface area contributed by atoms with Crippen LogP contribution in [0.25, 0.3) is 0 Å². The summed E-state index contributed by atoms with van der Waals surface area (Å²) in [5.41, 5.74) is 1.25. The molecule has 0 atom stereocenters. The van der Waals surface area contributed by atoms with E-state index in [1.807, 2.05) is 6.07 Å². The summed E-state index contributed by atoms with van der Waals surface area (Å²) >= 11 is 0. The van der Waals surface area contributed by atoms with Crippen LogP contribution in [0.2, 0.25) is 0 Å². The average molecular weight is 246 g/mol. The van der Waals surface area contributed by atoms with Crippen molar-refractivity contribution in [3.05, 3.63) is 52.2 Å². The predicted octanol–water partition coefficient (Wildman–Crippen LogP) is -0.0103. The minimum atomic E-state index is -0.180. The maximum absolute atomic E-state index is 11.6. The zero-order valence-corrected chi connectivity index (χ0v) is 10.3. The van der Waals surface area contributed by atoms with Crippen molar-refractivity contribution in [2.24, 2.45) is 7.05 Å². The van der Waals surface area contributed by atoms with Crippen molar-refractivity contribution in [1.29, 1.82) is 0 Å². The fourth-order valence-electron chi connectivity index (χ4n) is 1.66. The molecule has 0 bridgehead atoms. The molecule has 0 fully saturated rings. The molecule has 1 aromatic heterocycles. The maximum Gasteiger partial charge on any atom is 0.345 e. The number of nitrogens with zero attached hydrogens (tertiary/aromatic N) is 3. The first-order valence-corrected chi connectivity index (χ1v) is 5.51. The number of nitrogens with one attached hydrogen (secondary N) is 1. The van der Waals surface area contributed by atoms with E-state index in [-0.39, 0.29) is 11.6 Å². The molecule has 0 saturated heterocycles. The van der Waals surface area contributed by atoms with Gasteiger partial charge >= 0.3 is 5.69 Å². The summed E-state index contributed by atoms with van der Waals surface area (Å²) in [5.74, 6) is -0.148. The third-order valence-corrected chi connectivity index (χ3v) is 2.64. The normalized spacial score (nSPS) is 10.3. The van der Waals surface area contributed by atoms with Gasteiger partial charge in [0.1, 0.15) is 6.33 Å². The Morgan fingerprint density at radius 1 is 1.44 bits per heavy atom. The van der Waals surface area contributed by atoms with Gasteiger partial charge in [-0.25, -0.2) is 9.48 Å². The summed E-state index contributed by atoms with van der Waals surface area (Å²) in [7, 11) is 3.23. The van der Waals surface area contributed by atoms with Crippen molar-refractivity contribution >= 4 is 5.91 Å². The van der Waals surface area contributed by atoms with Crippen LogP contribution in [0.1, 0.15) is 15.9 Å². The molecule has 94 valence electrons. The molecule has 0 unspecified atom stereocenters. The highest BCUT2D eigenvalue weighted by molar-refractivity contribution is 5.94. The molecule has 0 aliphatic rings. The smallest absolute Gasteiger partial charge is 0.345 e. The third-order valence-electron chi connectivity index (χ3n) is 2.64. The van der Waals surface area contributed by atoms with Crippen molar-refractivity contribution in [3.63, 3.8) is 0 Å². The Morgan fingerprint density at radius 2 is 2.22 bits per heavy atom. The van der Waals surface area contributed by atoms with Gasteiger partial charge in [-0.15, -0.1) is 0 Å². The van der Waals surface area contributed by atoms with Crippen LogP contribution in [0, 0.1) is 0 Å². The number of benzene rings is 1. The zero-order chi connectivity index (χ0) is 13.1. The maximum atomic E-state index is 11.6. The van der Waals surface area contributed by atoms with Crippen molar-refractivity contribution in [2.75, 3.05) is 7.05 Å². The molecule has 0 radical (unpaired) electrons. The Kier molecular flexibility index (Phi) is 3.27. The van der Waals surface area contributed by atoms with Gasteiger partial charge in [0.2, 0.25) is 0 Å². The summed E-state index contributed by atoms with van der Waals surface area (Å²) in [6.45, 7) is 0.352. The second-order valence-corrected chi connectivity index (χ2v) is 3.96. The van der Waals surface area contributed by atoms with Crippen LogP contribution < -0.4 is 11.0 Å². The first kappa shape index (κ1) is 12.1. The van der Waals surface area contributed by atoms with E-state index in [4.69, 9.17) is 0 Å². The molecule has 1 heterocycles. The summed E-state index contributed by atoms with van der Waals surface area (Å²) in [4.78, 5) is 23.1. The largest absolute Gasteiger partial charge is 0.355 e. The Balaban J connectivity index is 2.27. The van der Waals surface area contributed by atoms with E-state index >= 15 is 0 Å². The van der Waals surface area contributed by atoms with Gasteiger partial charge in [-0.2, -0.15) is 5.10 Å². The van der Waals surface area contributed by atoms with Crippen LogP contribution in [0.3, 0.4) is 0 Å². The van der Waals surface area contributed by atoms with Gasteiger partial charge in [0.25, 0.3) is 5.91 Å². The van der Waals surface area contributed by atoms with Gasteiger partial charge in [-0.1, -0.05) is 12.1 Å². The van der Waals surface area contributed by atoms with E-state index < -0.39 is 0 Å². The van der Waals surface area contributed by atoms with Crippen LogP contribution in [0.15, 0.2) is 35.4 Å². The predicted molar refractivity (Wildman–Crippen MR) is 66.4 cm³/mol. The molecule has 0 spiro atoms. The molecular formula is C12H14N4O2. The molecule has 1 amide bonds. The fourth-order valence-corrected chi connectivity index (χ4v) is 1.66. The first-order chi connectivity index (χ1) is 8.61. The zero-order valence-electron chi connectivity index (χ0n) is 10.3. The molecule has 6 nitrogen and oxygen atoms in total. The lowest BCUT2D eigenvalue weighted by molar-refractivity contribution is 0.0963. The lowest BCUT2D eigenvalue weighted by atomic mass is 10.1. The van der Waals surface area contributed by atoms with Crippen LogP contribution >= 0.6 is 0 Å². The molecular weight excluding hydrogens is 232 g/mol. The number of rotatable bonds is 3. The quantitative estimate of drug-likeness (QED) is 0.828. The molecule has 0 aliphatic carbocycles. The Morgan fingerprint density at radius 3 is 2.83 bits per heavy atom. The van der Waals surface area contributed by atoms with Crippen molar-refractivity contribution in [2.45, 2.75) is 6.54 Å². The minimum absolute atomic E-state index is 0.148. The average Bonchev–Trinajstić information content (AvgIpc) is 2.70. The van der Waals surface area contributed by atoms with Gasteiger partial charge in [0.15, 0.2) is 0 Å². The van der Waals surface area contributed by atoms with Gasteiger partial charge in [-0.3, -0.25) is 9.36 Å². The number of aryl methyl sites for hydroxylation is 1. The summed E-state index contributed by atoms with van der Waals surface area (Å²) in [6.07, 6.45) is 1.46. The van der Waals surface area contributed by atoms with Crippen LogP contribution in [-0.2, 0) is 13.6 Å². The monoisotopic (exact) mass is 246 g/mol. The summed E-state index contributed by atoms with van der Waals surface area (Å²) in [5, 5.41) is 6.53. The summed E-state index contributed by atoms with van der Waals surface area (Å²) < 4.78 is 2.76. The van der Waals surface area contributed by atoms with Gasteiger partial charge in [0, 0.05) is 19.7 Å². The summed E-state index contributed by atoms with van der Waals surface area (Å²) in [6, 6.07) is 7.12. The lowest BCUT2D eigenvalue weighted by Crippen LogP contribution is -2.23. The number of amides is 1. The molecule has 0 saturated carbocycles. The van der Waals surface area contributed by atoms with Crippen molar-refractivity contribution in [3.8, 4) is 0 Å². The molecule has 2 aromatic rings. The van der Waals surface area contributed by atoms with E-state index in [2.05, 4.69) is 10.4 Å². The molecule has 6 heteroatoms. The van der Waals surface area contributed by atoms with E-state index in [1.54, 1.807) is 32.3 Å². The molecule has 1 aromatic carbocycles. The molecule has 1 N–H and O–H groups in total. The number of carbonyl (C=O) groups excluding carboxylic acids is 1. The van der Waals surface area contributed by atoms with Crippen LogP contribution in [0.5, 0.6) is 0 Å². The van der Waals surface area contributed by atoms with Crippen molar-refractivity contribution in [1.82, 2.24) is 19.7 Å². The third kappa shape index (κ3) is 2.32. The van der Waals surface area contributed by atoms with Gasteiger partial charge < -0.3 is 5.32 Å². The number of hydrogen-bond acceptors (Lipinski definition) is 3. The standard InChI is InChI=1S/C12H14N4O2/c1-13-11(17)10-5-3-4-9(6-10)7-16-12(18)15(2)8-14-16/h3-6,8H,7H2,1-2H3,(H,13,17). The topological polar surface area (TPSA) is 68.9 Å². The van der Waals surface area contributed by atoms with Gasteiger partial charge in [0.05, 0.1) is 6.54 Å². The number of hydrogen-bond donors (Lipinski definition) is 1. The Hall–Kier alpha value is -2.37. The highest BCUT2D eigenvalue weighted by atomic mass is 16.2. The minimum Gasteiger partial charge on any atom is -0.355 e. The van der Waals surface area contributed by atoms with Crippen molar-refractivity contribution < 1.29 is 4.79 Å². The highest BCUT2D eigenvalue weighted by Crippen LogP contribution is 2.06. The van der Waals surface area contributed by atoms with E-state index in [1.165, 1.54) is 15.6 Å². The second-order valence-electron chi connectivity index (χ2n) is 3.96. The lowest BCUT2D eigenvalue weighted by Gasteiger charge is -2.04. The number of aromatic nitrogens is 3. The Bertz CT molecular complexity index is 627. The van der Waals surface area contributed by atoms with Crippen LogP contribution in [0.4, 0.5) is 0 Å². The fraction of sp³-hybridized carbons (Fsp3) is 0.250. The number of carbonyl (C=O) groups is 1. The van der Waals surface area contributed by atoms with E-state index in [0.717, 1.165) is 5.56 Å². The van der Waals surface area contributed by atoms with E-state index in [0.29, 0.717) is 12.1 Å². The van der Waals surface area contributed by atoms with Gasteiger partial charge in [-0.05, 0) is 17.7 Å². The molecule has 0 aliphatic heterocycles. The first-order valence-electron chi connectivity index (χ1n) is 5.51. The second kappa shape index (κ2) is 4.87. The van der Waals surface area contributed by atoms with E-state index in [9.17, 15) is 9.59 Å². The van der Waals surface area contributed by atoms with Crippen LogP contribution in [-0.4, -0.2) is 27.3 Å². The Labute approximate surface area is 104 Å².